The largest absolute Gasteiger partial charge is 0.296 e. The molecule has 22 heavy (non-hydrogen) atoms. The number of anilines is 1. The Labute approximate surface area is 135 Å². The molecule has 8 heteroatoms. The fraction of sp³-hybridized carbons (Fsp3) is 0.357. The van der Waals surface area contributed by atoms with Crippen molar-refractivity contribution in [1.82, 2.24) is 20.2 Å². The minimum Gasteiger partial charge on any atom is -0.296 e. The maximum absolute atomic E-state index is 12.5. The molecule has 114 valence electrons. The molecular weight excluding hydrogens is 318 g/mol. The summed E-state index contributed by atoms with van der Waals surface area (Å²) in [5, 5.41) is 13.2. The molecule has 6 nitrogen and oxygen atoms in total. The van der Waals surface area contributed by atoms with E-state index in [1.807, 2.05) is 27.7 Å². The van der Waals surface area contributed by atoms with E-state index >= 15 is 0 Å². The minimum absolute atomic E-state index is 0.170. The number of fused-ring (bicyclic) bond motifs is 1. The van der Waals surface area contributed by atoms with Gasteiger partial charge in [-0.2, -0.15) is 0 Å². The first-order valence-electron chi connectivity index (χ1n) is 6.87. The first-order valence-corrected chi connectivity index (χ1v) is 8.51. The van der Waals surface area contributed by atoms with E-state index in [0.29, 0.717) is 10.0 Å². The third-order valence-corrected chi connectivity index (χ3v) is 5.45. The van der Waals surface area contributed by atoms with Gasteiger partial charge in [0.1, 0.15) is 15.7 Å². The monoisotopic (exact) mass is 333 g/mol. The topological polar surface area (TPSA) is 80.7 Å². The number of rotatable bonds is 3. The second-order valence-corrected chi connectivity index (χ2v) is 6.96. The Balaban J connectivity index is 1.97. The fourth-order valence-electron chi connectivity index (χ4n) is 2.29. The van der Waals surface area contributed by atoms with E-state index < -0.39 is 0 Å². The SMILES string of the molecule is CCc1nnc(NC(=O)c2sc3nc(C)nc(C)c3c2C)s1. The van der Waals surface area contributed by atoms with Gasteiger partial charge in [-0.15, -0.1) is 21.5 Å². The van der Waals surface area contributed by atoms with Gasteiger partial charge in [0.05, 0.1) is 4.88 Å². The highest BCUT2D eigenvalue weighted by molar-refractivity contribution is 7.21. The summed E-state index contributed by atoms with van der Waals surface area (Å²) in [5.41, 5.74) is 1.81. The quantitative estimate of drug-likeness (QED) is 0.795. The zero-order valence-corrected chi connectivity index (χ0v) is 14.4. The van der Waals surface area contributed by atoms with Gasteiger partial charge in [-0.05, 0) is 32.8 Å². The molecule has 0 spiro atoms. The number of nitrogens with one attached hydrogen (secondary N) is 1. The highest BCUT2D eigenvalue weighted by Gasteiger charge is 2.19. The normalized spacial score (nSPS) is 11.1. The highest BCUT2D eigenvalue weighted by atomic mass is 32.1. The van der Waals surface area contributed by atoms with Crippen molar-refractivity contribution in [2.45, 2.75) is 34.1 Å². The number of aromatic nitrogens is 4. The van der Waals surface area contributed by atoms with Crippen LogP contribution in [-0.4, -0.2) is 26.1 Å². The summed E-state index contributed by atoms with van der Waals surface area (Å²) in [6, 6.07) is 0. The standard InChI is InChI=1S/C14H15N5OS2/c1-5-9-18-19-14(21-9)17-12(20)11-6(2)10-7(3)15-8(4)16-13(10)22-11/h5H2,1-4H3,(H,17,19,20). The molecule has 0 atom stereocenters. The molecule has 0 aliphatic carbocycles. The number of hydrogen-bond acceptors (Lipinski definition) is 7. The van der Waals surface area contributed by atoms with E-state index in [4.69, 9.17) is 0 Å². The maximum Gasteiger partial charge on any atom is 0.267 e. The van der Waals surface area contributed by atoms with E-state index in [2.05, 4.69) is 25.5 Å². The molecule has 0 aliphatic rings. The predicted molar refractivity (Wildman–Crippen MR) is 88.9 cm³/mol. The van der Waals surface area contributed by atoms with Gasteiger partial charge >= 0.3 is 0 Å². The van der Waals surface area contributed by atoms with Gasteiger partial charge in [-0.25, -0.2) is 9.97 Å². The third kappa shape index (κ3) is 2.59. The Kier molecular flexibility index (Phi) is 3.88. The van der Waals surface area contributed by atoms with Crippen LogP contribution < -0.4 is 5.32 Å². The summed E-state index contributed by atoms with van der Waals surface area (Å²) in [7, 11) is 0. The van der Waals surface area contributed by atoms with Crippen molar-refractivity contribution >= 4 is 43.9 Å². The molecule has 0 radical (unpaired) electrons. The fourth-order valence-corrected chi connectivity index (χ4v) is 4.14. The van der Waals surface area contributed by atoms with Crippen LogP contribution in [0.1, 0.15) is 38.7 Å². The second kappa shape index (κ2) is 5.69. The highest BCUT2D eigenvalue weighted by Crippen LogP contribution is 2.31. The average Bonchev–Trinajstić information content (AvgIpc) is 3.03. The second-order valence-electron chi connectivity index (χ2n) is 4.90. The van der Waals surface area contributed by atoms with E-state index in [9.17, 15) is 4.79 Å². The average molecular weight is 333 g/mol. The lowest BCUT2D eigenvalue weighted by Crippen LogP contribution is -2.11. The molecule has 0 aromatic carbocycles. The van der Waals surface area contributed by atoms with Crippen LogP contribution in [0.2, 0.25) is 0 Å². The summed E-state index contributed by atoms with van der Waals surface area (Å²) in [5.74, 6) is 0.547. The lowest BCUT2D eigenvalue weighted by Gasteiger charge is -2.00. The smallest absolute Gasteiger partial charge is 0.267 e. The van der Waals surface area contributed by atoms with Crippen LogP contribution in [0.3, 0.4) is 0 Å². The first-order chi connectivity index (χ1) is 10.5. The number of thiophene rings is 1. The Morgan fingerprint density at radius 2 is 1.91 bits per heavy atom. The van der Waals surface area contributed by atoms with Crippen LogP contribution in [0.15, 0.2) is 0 Å². The summed E-state index contributed by atoms with van der Waals surface area (Å²) >= 11 is 2.78. The Morgan fingerprint density at radius 3 is 2.59 bits per heavy atom. The van der Waals surface area contributed by atoms with E-state index in [0.717, 1.165) is 38.7 Å². The van der Waals surface area contributed by atoms with Crippen molar-refractivity contribution in [1.29, 1.82) is 0 Å². The van der Waals surface area contributed by atoms with Gasteiger partial charge < -0.3 is 0 Å². The maximum atomic E-state index is 12.5. The molecule has 1 amide bonds. The van der Waals surface area contributed by atoms with Crippen molar-refractivity contribution in [3.63, 3.8) is 0 Å². The van der Waals surface area contributed by atoms with Crippen molar-refractivity contribution < 1.29 is 4.79 Å². The molecular formula is C14H15N5OS2. The van der Waals surface area contributed by atoms with E-state index in [1.165, 1.54) is 22.7 Å². The zero-order chi connectivity index (χ0) is 15.9. The Morgan fingerprint density at radius 1 is 1.14 bits per heavy atom. The molecule has 3 heterocycles. The van der Waals surface area contributed by atoms with Gasteiger partial charge in [0, 0.05) is 11.1 Å². The lowest BCUT2D eigenvalue weighted by atomic mass is 10.1. The molecule has 0 fully saturated rings. The number of aryl methyl sites for hydroxylation is 4. The molecule has 0 saturated carbocycles. The van der Waals surface area contributed by atoms with Gasteiger partial charge in [0.15, 0.2) is 0 Å². The lowest BCUT2D eigenvalue weighted by molar-refractivity contribution is 0.103. The van der Waals surface area contributed by atoms with Crippen LogP contribution in [0.5, 0.6) is 0 Å². The summed E-state index contributed by atoms with van der Waals surface area (Å²) in [6.45, 7) is 7.73. The van der Waals surface area contributed by atoms with Gasteiger partial charge in [0.25, 0.3) is 5.91 Å². The molecule has 3 aromatic rings. The van der Waals surface area contributed by atoms with Crippen molar-refractivity contribution in [3.05, 3.63) is 27.0 Å². The molecule has 0 bridgehead atoms. The van der Waals surface area contributed by atoms with Crippen molar-refractivity contribution in [3.8, 4) is 0 Å². The molecule has 1 N–H and O–H groups in total. The van der Waals surface area contributed by atoms with Crippen LogP contribution in [0.25, 0.3) is 10.2 Å². The third-order valence-electron chi connectivity index (χ3n) is 3.28. The van der Waals surface area contributed by atoms with Crippen LogP contribution in [0.4, 0.5) is 5.13 Å². The predicted octanol–water partition coefficient (Wildman–Crippen LogP) is 3.28. The van der Waals surface area contributed by atoms with E-state index in [-0.39, 0.29) is 5.91 Å². The van der Waals surface area contributed by atoms with Crippen molar-refractivity contribution in [2.24, 2.45) is 0 Å². The first kappa shape index (κ1) is 15.0. The molecule has 0 aliphatic heterocycles. The Hall–Kier alpha value is -1.93. The van der Waals surface area contributed by atoms with Crippen LogP contribution in [-0.2, 0) is 6.42 Å². The molecule has 3 aromatic heterocycles. The summed E-state index contributed by atoms with van der Waals surface area (Å²) in [6.07, 6.45) is 0.809. The summed E-state index contributed by atoms with van der Waals surface area (Å²) < 4.78 is 0. The molecule has 3 rings (SSSR count). The number of nitrogens with zero attached hydrogens (tertiary/aromatic N) is 4. The molecule has 0 saturated heterocycles. The van der Waals surface area contributed by atoms with Crippen LogP contribution in [0, 0.1) is 20.8 Å². The van der Waals surface area contributed by atoms with Gasteiger partial charge in [-0.3, -0.25) is 10.1 Å². The number of amides is 1. The Bertz CT molecular complexity index is 868. The minimum atomic E-state index is -0.170. The molecule has 0 unspecified atom stereocenters. The van der Waals surface area contributed by atoms with Crippen molar-refractivity contribution in [2.75, 3.05) is 5.32 Å². The van der Waals surface area contributed by atoms with Crippen LogP contribution >= 0.6 is 22.7 Å². The van der Waals surface area contributed by atoms with Gasteiger partial charge in [0.2, 0.25) is 5.13 Å². The zero-order valence-electron chi connectivity index (χ0n) is 12.7. The van der Waals surface area contributed by atoms with Gasteiger partial charge in [-0.1, -0.05) is 18.3 Å². The number of hydrogen-bond donors (Lipinski definition) is 1. The van der Waals surface area contributed by atoms with E-state index in [1.54, 1.807) is 0 Å². The number of carbonyl (C=O) groups is 1. The number of carbonyl (C=O) groups excluding carboxylic acids is 1. The summed E-state index contributed by atoms with van der Waals surface area (Å²) in [4.78, 5) is 22.8.